The van der Waals surface area contributed by atoms with Gasteiger partial charge in [0.2, 0.25) is 5.78 Å². The molecule has 1 N–H and O–H groups in total. The molecule has 38 valence electrons. The van der Waals surface area contributed by atoms with E-state index in [1.54, 1.807) is 0 Å². The van der Waals surface area contributed by atoms with Crippen molar-refractivity contribution in [3.63, 3.8) is 0 Å². The fourth-order valence-corrected chi connectivity index (χ4v) is 0. The zero-order valence-electron chi connectivity index (χ0n) is 3.76. The first kappa shape index (κ1) is 9.46. The van der Waals surface area contributed by atoms with Crippen LogP contribution in [0.25, 0.3) is 0 Å². The maximum atomic E-state index is 9.54. The van der Waals surface area contributed by atoms with E-state index in [0.29, 0.717) is 0 Å². The van der Waals surface area contributed by atoms with Crippen molar-refractivity contribution < 1.29 is 14.7 Å². The van der Waals surface area contributed by atoms with Crippen molar-refractivity contribution in [1.29, 1.82) is 0 Å². The van der Waals surface area contributed by atoms with Crippen LogP contribution in [0.3, 0.4) is 0 Å². The molecule has 3 nitrogen and oxygen atoms in total. The van der Waals surface area contributed by atoms with Crippen LogP contribution in [-0.2, 0) is 9.59 Å². The number of carboxylic acid groups (broad SMARTS) is 1. The van der Waals surface area contributed by atoms with Gasteiger partial charge in [-0.2, -0.15) is 0 Å². The van der Waals surface area contributed by atoms with Gasteiger partial charge in [-0.15, -0.1) is 0 Å². The summed E-state index contributed by atoms with van der Waals surface area (Å²) in [5.74, 6) is -2.20. The van der Waals surface area contributed by atoms with Gasteiger partial charge in [0.1, 0.15) is 0 Å². The molecule has 0 unspecified atom stereocenters. The van der Waals surface area contributed by atoms with E-state index >= 15 is 0 Å². The van der Waals surface area contributed by atoms with Crippen LogP contribution in [0.2, 0.25) is 0 Å². The first-order valence-corrected chi connectivity index (χ1v) is 1.38. The SMILES string of the molecule is CC(=O)C(=O)O.[C]. The van der Waals surface area contributed by atoms with E-state index in [4.69, 9.17) is 5.11 Å². The molecule has 0 saturated heterocycles. The lowest BCUT2D eigenvalue weighted by molar-refractivity contribution is -0.148. The average molecular weight is 100 g/mol. The van der Waals surface area contributed by atoms with Gasteiger partial charge >= 0.3 is 5.97 Å². The highest BCUT2D eigenvalue weighted by Crippen LogP contribution is 1.61. The molecule has 0 aromatic rings. The summed E-state index contributed by atoms with van der Waals surface area (Å²) in [6, 6.07) is 0. The van der Waals surface area contributed by atoms with Gasteiger partial charge in [0.25, 0.3) is 0 Å². The summed E-state index contributed by atoms with van der Waals surface area (Å²) in [4.78, 5) is 18.9. The van der Waals surface area contributed by atoms with E-state index in [9.17, 15) is 9.59 Å². The normalized spacial score (nSPS) is 6.43. The van der Waals surface area contributed by atoms with E-state index in [2.05, 4.69) is 0 Å². The van der Waals surface area contributed by atoms with Gasteiger partial charge in [-0.3, -0.25) is 4.79 Å². The third-order valence-corrected chi connectivity index (χ3v) is 0.301. The number of rotatable bonds is 1. The number of ketones is 1. The maximum Gasteiger partial charge on any atom is 0.371 e. The molecule has 4 radical (unpaired) electrons. The molecule has 0 spiro atoms. The van der Waals surface area contributed by atoms with E-state index in [0.717, 1.165) is 6.92 Å². The van der Waals surface area contributed by atoms with Crippen molar-refractivity contribution in [1.82, 2.24) is 0 Å². The van der Waals surface area contributed by atoms with Gasteiger partial charge in [0.15, 0.2) is 0 Å². The number of hydrogen-bond donors (Lipinski definition) is 1. The highest BCUT2D eigenvalue weighted by molar-refractivity contribution is 6.31. The monoisotopic (exact) mass is 100 g/mol. The first-order valence-electron chi connectivity index (χ1n) is 1.38. The van der Waals surface area contributed by atoms with Crippen LogP contribution in [0.5, 0.6) is 0 Å². The van der Waals surface area contributed by atoms with Crippen molar-refractivity contribution >= 4 is 11.8 Å². The summed E-state index contributed by atoms with van der Waals surface area (Å²) < 4.78 is 0. The molecule has 0 saturated carbocycles. The minimum absolute atomic E-state index is 0. The lowest BCUT2D eigenvalue weighted by Gasteiger charge is -1.73. The van der Waals surface area contributed by atoms with Crippen molar-refractivity contribution in [3.8, 4) is 0 Å². The van der Waals surface area contributed by atoms with Gasteiger partial charge < -0.3 is 5.11 Å². The number of hydrogen-bond acceptors (Lipinski definition) is 2. The molecule has 0 rings (SSSR count). The van der Waals surface area contributed by atoms with Crippen LogP contribution in [0.1, 0.15) is 6.92 Å². The quantitative estimate of drug-likeness (QED) is 0.462. The molecule has 0 aliphatic rings. The molecule has 0 bridgehead atoms. The standard InChI is InChI=1S/C3H4O3.C/c1-2(4)3(5)6;/h1H3,(H,5,6);. The van der Waals surface area contributed by atoms with Gasteiger partial charge in [-0.05, 0) is 0 Å². The Bertz CT molecular complexity index is 72.9. The fraction of sp³-hybridized carbons (Fsp3) is 0.250. The maximum absolute atomic E-state index is 9.54. The summed E-state index contributed by atoms with van der Waals surface area (Å²) in [6.07, 6.45) is 0. The molecule has 0 fully saturated rings. The number of Topliss-reactive ketones (excluding diaryl/α,β-unsaturated/α-hetero) is 1. The van der Waals surface area contributed by atoms with Crippen LogP contribution < -0.4 is 0 Å². The fourth-order valence-electron chi connectivity index (χ4n) is 0. The molecule has 0 atom stereocenters. The van der Waals surface area contributed by atoms with Crippen molar-refractivity contribution in [2.45, 2.75) is 6.92 Å². The average Bonchev–Trinajstić information content (AvgIpc) is 1.36. The van der Waals surface area contributed by atoms with Crippen molar-refractivity contribution in [2.24, 2.45) is 0 Å². The molecule has 0 aromatic heterocycles. The Balaban J connectivity index is 0. The van der Waals surface area contributed by atoms with Crippen LogP contribution >= 0.6 is 0 Å². The number of carboxylic acids is 1. The lowest BCUT2D eigenvalue weighted by atomic mass is 10.5. The second kappa shape index (κ2) is 3.33. The van der Waals surface area contributed by atoms with Gasteiger partial charge in [0, 0.05) is 14.4 Å². The van der Waals surface area contributed by atoms with Gasteiger partial charge in [-0.1, -0.05) is 0 Å². The third-order valence-electron chi connectivity index (χ3n) is 0.301. The van der Waals surface area contributed by atoms with E-state index in [1.807, 2.05) is 0 Å². The second-order valence-electron chi connectivity index (χ2n) is 0.861. The van der Waals surface area contributed by atoms with E-state index in [-0.39, 0.29) is 7.43 Å². The Kier molecular flexibility index (Phi) is 4.51. The molecule has 0 amide bonds. The Hall–Kier alpha value is -0.860. The second-order valence-corrected chi connectivity index (χ2v) is 0.861. The molecule has 3 heteroatoms. The van der Waals surface area contributed by atoms with E-state index < -0.39 is 11.8 Å². The Morgan fingerprint density at radius 1 is 1.43 bits per heavy atom. The summed E-state index contributed by atoms with van der Waals surface area (Å²) >= 11 is 0. The zero-order chi connectivity index (χ0) is 5.15. The van der Waals surface area contributed by atoms with Crippen LogP contribution in [-0.4, -0.2) is 16.9 Å². The Morgan fingerprint density at radius 3 is 1.57 bits per heavy atom. The molecule has 0 aromatic carbocycles. The summed E-state index contributed by atoms with van der Waals surface area (Å²) in [5.41, 5.74) is 0. The third kappa shape index (κ3) is 5.14. The molecule has 7 heavy (non-hydrogen) atoms. The molecular formula is C4H4O3. The largest absolute Gasteiger partial charge is 0.476 e. The number of carbonyl (C=O) groups excluding carboxylic acids is 1. The Morgan fingerprint density at radius 2 is 1.57 bits per heavy atom. The molecule has 0 aliphatic carbocycles. The van der Waals surface area contributed by atoms with Crippen molar-refractivity contribution in [3.05, 3.63) is 7.43 Å². The molecular weight excluding hydrogens is 96.0 g/mol. The topological polar surface area (TPSA) is 54.4 Å². The smallest absolute Gasteiger partial charge is 0.371 e. The van der Waals surface area contributed by atoms with Gasteiger partial charge in [0.05, 0.1) is 0 Å². The highest BCUT2D eigenvalue weighted by atomic mass is 16.4. The van der Waals surface area contributed by atoms with E-state index in [1.165, 1.54) is 0 Å². The summed E-state index contributed by atoms with van der Waals surface area (Å²) in [7, 11) is 0. The summed E-state index contributed by atoms with van der Waals surface area (Å²) in [6.45, 7) is 1.00. The number of aliphatic carboxylic acids is 1. The lowest BCUT2D eigenvalue weighted by Crippen LogP contribution is -2.05. The Labute approximate surface area is 42.0 Å². The predicted octanol–water partition coefficient (Wildman–Crippen LogP) is -0.259. The van der Waals surface area contributed by atoms with Crippen LogP contribution in [0, 0.1) is 7.43 Å². The minimum atomic E-state index is -1.38. The predicted molar refractivity (Wildman–Crippen MR) is 21.6 cm³/mol. The molecule has 0 heterocycles. The highest BCUT2D eigenvalue weighted by Gasteiger charge is 1.98. The van der Waals surface area contributed by atoms with Crippen LogP contribution in [0.4, 0.5) is 0 Å². The van der Waals surface area contributed by atoms with Crippen molar-refractivity contribution in [2.75, 3.05) is 0 Å². The molecule has 0 aliphatic heterocycles. The summed E-state index contributed by atoms with van der Waals surface area (Å²) in [5, 5.41) is 7.64. The van der Waals surface area contributed by atoms with Crippen LogP contribution in [0.15, 0.2) is 0 Å². The minimum Gasteiger partial charge on any atom is -0.476 e. The van der Waals surface area contributed by atoms with Gasteiger partial charge in [-0.25, -0.2) is 4.79 Å². The number of carbonyl (C=O) groups is 2. The zero-order valence-corrected chi connectivity index (χ0v) is 3.76. The first-order chi connectivity index (χ1) is 2.64.